The SMILES string of the molecule is Cn1c2c(c3ccccc31)=CC=[N+](C)CC=2. The fourth-order valence-corrected chi connectivity index (χ4v) is 2.36. The van der Waals surface area contributed by atoms with Gasteiger partial charge in [0.25, 0.3) is 0 Å². The molecule has 80 valence electrons. The highest BCUT2D eigenvalue weighted by atomic mass is 15.0. The molecule has 0 bridgehead atoms. The second kappa shape index (κ2) is 3.34. The Balaban J connectivity index is 2.56. The number of nitrogens with zero attached hydrogens (tertiary/aromatic N) is 2. The van der Waals surface area contributed by atoms with Crippen LogP contribution in [0.3, 0.4) is 0 Å². The van der Waals surface area contributed by atoms with Gasteiger partial charge >= 0.3 is 0 Å². The van der Waals surface area contributed by atoms with E-state index in [0.717, 1.165) is 6.54 Å². The summed E-state index contributed by atoms with van der Waals surface area (Å²) in [5, 5.41) is 3.99. The van der Waals surface area contributed by atoms with E-state index in [0.29, 0.717) is 0 Å². The Morgan fingerprint density at radius 3 is 2.94 bits per heavy atom. The third kappa shape index (κ3) is 1.23. The molecule has 3 rings (SSSR count). The van der Waals surface area contributed by atoms with Crippen molar-refractivity contribution in [3.05, 3.63) is 34.8 Å². The molecule has 2 heterocycles. The predicted molar refractivity (Wildman–Crippen MR) is 68.2 cm³/mol. The minimum absolute atomic E-state index is 0.966. The van der Waals surface area contributed by atoms with Crippen LogP contribution in [-0.4, -0.2) is 28.9 Å². The molecular weight excluding hydrogens is 196 g/mol. The maximum absolute atomic E-state index is 2.29. The van der Waals surface area contributed by atoms with Crippen LogP contribution in [0.2, 0.25) is 0 Å². The molecule has 0 saturated carbocycles. The first-order valence-corrected chi connectivity index (χ1v) is 5.56. The second-order valence-electron chi connectivity index (χ2n) is 4.33. The minimum atomic E-state index is 0.966. The lowest BCUT2D eigenvalue weighted by Crippen LogP contribution is -2.27. The first kappa shape index (κ1) is 9.40. The summed E-state index contributed by atoms with van der Waals surface area (Å²) >= 11 is 0. The summed E-state index contributed by atoms with van der Waals surface area (Å²) in [7, 11) is 4.23. The van der Waals surface area contributed by atoms with Crippen LogP contribution in [-0.2, 0) is 7.05 Å². The Labute approximate surface area is 94.4 Å². The molecular formula is C14H15N2+. The number of rotatable bonds is 0. The highest BCUT2D eigenvalue weighted by molar-refractivity contribution is 5.93. The number of hydrogen-bond acceptors (Lipinski definition) is 0. The van der Waals surface area contributed by atoms with E-state index in [-0.39, 0.29) is 0 Å². The van der Waals surface area contributed by atoms with Gasteiger partial charge in [0.2, 0.25) is 0 Å². The maximum atomic E-state index is 2.29. The summed E-state index contributed by atoms with van der Waals surface area (Å²) < 4.78 is 4.46. The van der Waals surface area contributed by atoms with Gasteiger partial charge in [-0.3, -0.25) is 0 Å². The van der Waals surface area contributed by atoms with Gasteiger partial charge in [-0.15, -0.1) is 0 Å². The number of para-hydroxylation sites is 1. The van der Waals surface area contributed by atoms with Crippen molar-refractivity contribution in [3.63, 3.8) is 0 Å². The number of benzene rings is 1. The first-order chi connectivity index (χ1) is 7.77. The third-order valence-electron chi connectivity index (χ3n) is 3.26. The molecule has 0 saturated heterocycles. The monoisotopic (exact) mass is 211 g/mol. The van der Waals surface area contributed by atoms with Crippen LogP contribution in [0.1, 0.15) is 0 Å². The van der Waals surface area contributed by atoms with Crippen LogP contribution < -0.4 is 10.6 Å². The lowest BCUT2D eigenvalue weighted by atomic mass is 10.2. The van der Waals surface area contributed by atoms with Crippen LogP contribution in [0.25, 0.3) is 23.1 Å². The molecule has 16 heavy (non-hydrogen) atoms. The highest BCUT2D eigenvalue weighted by Gasteiger charge is 2.06. The number of aromatic nitrogens is 1. The van der Waals surface area contributed by atoms with E-state index in [4.69, 9.17) is 0 Å². The van der Waals surface area contributed by atoms with Crippen molar-refractivity contribution in [2.45, 2.75) is 0 Å². The average molecular weight is 211 g/mol. The van der Waals surface area contributed by atoms with Crippen molar-refractivity contribution in [2.75, 3.05) is 13.6 Å². The fraction of sp³-hybridized carbons (Fsp3) is 0.214. The Kier molecular flexibility index (Phi) is 1.96. The Morgan fingerprint density at radius 2 is 2.06 bits per heavy atom. The van der Waals surface area contributed by atoms with Crippen molar-refractivity contribution in [1.82, 2.24) is 4.57 Å². The van der Waals surface area contributed by atoms with E-state index >= 15 is 0 Å². The number of hydrogen-bond donors (Lipinski definition) is 0. The molecule has 1 aliphatic rings. The van der Waals surface area contributed by atoms with E-state index in [1.54, 1.807) is 0 Å². The lowest BCUT2D eigenvalue weighted by molar-refractivity contribution is -0.476. The molecule has 0 unspecified atom stereocenters. The Hall–Kier alpha value is -1.83. The summed E-state index contributed by atoms with van der Waals surface area (Å²) in [6.07, 6.45) is 6.64. The van der Waals surface area contributed by atoms with Crippen molar-refractivity contribution in [3.8, 4) is 0 Å². The van der Waals surface area contributed by atoms with E-state index in [9.17, 15) is 0 Å². The topological polar surface area (TPSA) is 7.94 Å². The first-order valence-electron chi connectivity index (χ1n) is 5.56. The van der Waals surface area contributed by atoms with E-state index < -0.39 is 0 Å². The van der Waals surface area contributed by atoms with Crippen molar-refractivity contribution in [1.29, 1.82) is 0 Å². The molecule has 0 spiro atoms. The largest absolute Gasteiger partial charge is 0.344 e. The standard InChI is InChI=1S/C14H15N2/c1-15-9-7-12-11-5-3-4-6-13(11)16(2)14(12)8-10-15/h3-9H,10H2,1-2H3/q+1. The van der Waals surface area contributed by atoms with Gasteiger partial charge in [-0.2, -0.15) is 0 Å². The zero-order valence-electron chi connectivity index (χ0n) is 9.64. The van der Waals surface area contributed by atoms with Crippen molar-refractivity contribution in [2.24, 2.45) is 7.05 Å². The zero-order valence-corrected chi connectivity index (χ0v) is 9.64. The molecule has 0 N–H and O–H groups in total. The Bertz CT molecular complexity index is 702. The second-order valence-corrected chi connectivity index (χ2v) is 4.33. The molecule has 0 radical (unpaired) electrons. The summed E-state index contributed by atoms with van der Waals surface area (Å²) in [6.45, 7) is 0.966. The van der Waals surface area contributed by atoms with Crippen LogP contribution in [0.4, 0.5) is 0 Å². The van der Waals surface area contributed by atoms with Gasteiger partial charge in [-0.05, 0) is 6.07 Å². The van der Waals surface area contributed by atoms with Gasteiger partial charge in [-0.1, -0.05) is 18.2 Å². The summed E-state index contributed by atoms with van der Waals surface area (Å²) in [5.74, 6) is 0. The van der Waals surface area contributed by atoms with Gasteiger partial charge in [-0.25, -0.2) is 4.58 Å². The average Bonchev–Trinajstić information content (AvgIpc) is 2.46. The maximum Gasteiger partial charge on any atom is 0.164 e. The van der Waals surface area contributed by atoms with Gasteiger partial charge < -0.3 is 4.57 Å². The fourth-order valence-electron chi connectivity index (χ4n) is 2.36. The molecule has 2 aromatic rings. The summed E-state index contributed by atoms with van der Waals surface area (Å²) in [4.78, 5) is 0. The van der Waals surface area contributed by atoms with Gasteiger partial charge in [0, 0.05) is 35.3 Å². The molecule has 0 aliphatic carbocycles. The molecule has 0 atom stereocenters. The van der Waals surface area contributed by atoms with Gasteiger partial charge in [0.1, 0.15) is 7.05 Å². The van der Waals surface area contributed by atoms with Crippen LogP contribution in [0.15, 0.2) is 24.3 Å². The normalized spacial score (nSPS) is 14.8. The van der Waals surface area contributed by atoms with Crippen LogP contribution in [0.5, 0.6) is 0 Å². The van der Waals surface area contributed by atoms with E-state index in [1.165, 1.54) is 21.5 Å². The number of aryl methyl sites for hydroxylation is 1. The Morgan fingerprint density at radius 1 is 1.25 bits per heavy atom. The van der Waals surface area contributed by atoms with Gasteiger partial charge in [0.15, 0.2) is 12.8 Å². The molecule has 1 aromatic carbocycles. The summed E-state index contributed by atoms with van der Waals surface area (Å²) in [5.41, 5.74) is 1.30. The molecule has 1 aromatic heterocycles. The highest BCUT2D eigenvalue weighted by Crippen LogP contribution is 2.06. The zero-order chi connectivity index (χ0) is 11.1. The molecule has 0 amide bonds. The molecule has 0 fully saturated rings. The van der Waals surface area contributed by atoms with E-state index in [1.807, 2.05) is 0 Å². The molecule has 1 aliphatic heterocycles. The number of fused-ring (bicyclic) bond motifs is 3. The van der Waals surface area contributed by atoms with Gasteiger partial charge in [0.05, 0.1) is 5.35 Å². The van der Waals surface area contributed by atoms with Crippen LogP contribution >= 0.6 is 0 Å². The smallest absolute Gasteiger partial charge is 0.164 e. The third-order valence-corrected chi connectivity index (χ3v) is 3.26. The van der Waals surface area contributed by atoms with Crippen molar-refractivity contribution < 1.29 is 4.58 Å². The van der Waals surface area contributed by atoms with Crippen LogP contribution in [0, 0.1) is 0 Å². The quantitative estimate of drug-likeness (QED) is 0.560. The molecule has 2 nitrogen and oxygen atoms in total. The summed E-state index contributed by atoms with van der Waals surface area (Å²) in [6, 6.07) is 8.57. The lowest BCUT2D eigenvalue weighted by Gasteiger charge is -1.95. The minimum Gasteiger partial charge on any atom is -0.344 e. The van der Waals surface area contributed by atoms with Crippen molar-refractivity contribution >= 4 is 29.3 Å². The predicted octanol–water partition coefficient (Wildman–Crippen LogP) is 0.466. The van der Waals surface area contributed by atoms with E-state index in [2.05, 4.69) is 65.9 Å². The molecule has 2 heteroatoms.